The van der Waals surface area contributed by atoms with Crippen LogP contribution < -0.4 is 15.5 Å². The van der Waals surface area contributed by atoms with Crippen molar-refractivity contribution in [2.24, 2.45) is 0 Å². The van der Waals surface area contributed by atoms with Gasteiger partial charge in [-0.05, 0) is 62.2 Å². The minimum absolute atomic E-state index is 0.222. The molecular formula is C28H29FN6O4. The highest BCUT2D eigenvalue weighted by molar-refractivity contribution is 6.05. The number of hydrogen-bond donors (Lipinski definition) is 2. The molecule has 2 aromatic heterocycles. The molecule has 2 N–H and O–H groups in total. The molecule has 1 fully saturated rings. The largest absolute Gasteiger partial charge is 0.462 e. The maximum atomic E-state index is 14.4. The van der Waals surface area contributed by atoms with Gasteiger partial charge in [0.15, 0.2) is 5.82 Å². The van der Waals surface area contributed by atoms with Crippen LogP contribution in [0.15, 0.2) is 48.9 Å². The Morgan fingerprint density at radius 3 is 2.69 bits per heavy atom. The monoisotopic (exact) mass is 532 g/mol. The zero-order chi connectivity index (χ0) is 27.5. The summed E-state index contributed by atoms with van der Waals surface area (Å²) in [6.45, 7) is 8.13. The van der Waals surface area contributed by atoms with Gasteiger partial charge in [-0.25, -0.2) is 18.7 Å². The fourth-order valence-electron chi connectivity index (χ4n) is 4.54. The molecule has 0 atom stereocenters. The van der Waals surface area contributed by atoms with Gasteiger partial charge in [-0.15, -0.1) is 0 Å². The number of anilines is 4. The van der Waals surface area contributed by atoms with Crippen molar-refractivity contribution in [3.63, 3.8) is 0 Å². The Balaban J connectivity index is 1.39. The number of esters is 1. The number of aromatic nitrogens is 3. The van der Waals surface area contributed by atoms with E-state index in [2.05, 4.69) is 20.7 Å². The van der Waals surface area contributed by atoms with Gasteiger partial charge >= 0.3 is 5.97 Å². The van der Waals surface area contributed by atoms with Gasteiger partial charge in [-0.2, -0.15) is 5.10 Å². The van der Waals surface area contributed by atoms with Crippen LogP contribution in [0.5, 0.6) is 0 Å². The molecule has 5 rings (SSSR count). The Bertz CT molecular complexity index is 1550. The van der Waals surface area contributed by atoms with Crippen molar-refractivity contribution in [1.29, 1.82) is 0 Å². The molecule has 202 valence electrons. The van der Waals surface area contributed by atoms with Crippen molar-refractivity contribution in [2.75, 3.05) is 48.4 Å². The van der Waals surface area contributed by atoms with Crippen LogP contribution in [-0.4, -0.2) is 59.4 Å². The number of hydrogen-bond acceptors (Lipinski definition) is 8. The number of rotatable bonds is 7. The van der Waals surface area contributed by atoms with Crippen molar-refractivity contribution in [2.45, 2.75) is 20.8 Å². The lowest BCUT2D eigenvalue weighted by molar-refractivity contribution is 0.0525. The second-order valence-electron chi connectivity index (χ2n) is 9.20. The summed E-state index contributed by atoms with van der Waals surface area (Å²) in [5.41, 5.74) is 4.71. The van der Waals surface area contributed by atoms with E-state index in [9.17, 15) is 14.0 Å². The molecule has 2 aromatic carbocycles. The molecule has 10 nitrogen and oxygen atoms in total. The van der Waals surface area contributed by atoms with Crippen LogP contribution in [0.2, 0.25) is 0 Å². The van der Waals surface area contributed by atoms with E-state index in [1.165, 1.54) is 18.5 Å². The number of carbonyl (C=O) groups is 2. The SMILES string of the molecule is CCOC(=O)c1cn2ncnc(Nc3cc(NC(=O)c4cc(F)cc(N5CCOCC5)c4)ccc3C)c2c1C. The summed E-state index contributed by atoms with van der Waals surface area (Å²) >= 11 is 0. The minimum Gasteiger partial charge on any atom is -0.462 e. The fraction of sp³-hybridized carbons (Fsp3) is 0.286. The standard InChI is InChI=1S/C28H29FN6O4/c1-4-39-28(37)23-15-35-25(18(23)3)26(30-16-31-35)33-24-14-21(6-5-17(24)2)32-27(36)19-11-20(29)13-22(12-19)34-7-9-38-10-8-34/h5-6,11-16H,4,7-10H2,1-3H3,(H,32,36)(H,30,31,33). The topological polar surface area (TPSA) is 110 Å². The number of fused-ring (bicyclic) bond motifs is 1. The molecule has 1 aliphatic rings. The number of halogens is 1. The number of carbonyl (C=O) groups excluding carboxylic acids is 2. The van der Waals surface area contributed by atoms with Crippen LogP contribution in [0.1, 0.15) is 38.8 Å². The third-order valence-corrected chi connectivity index (χ3v) is 6.59. The Morgan fingerprint density at radius 2 is 1.92 bits per heavy atom. The van der Waals surface area contributed by atoms with Crippen molar-refractivity contribution < 1.29 is 23.5 Å². The lowest BCUT2D eigenvalue weighted by atomic mass is 10.1. The lowest BCUT2D eigenvalue weighted by Crippen LogP contribution is -2.36. The summed E-state index contributed by atoms with van der Waals surface area (Å²) in [6, 6.07) is 9.74. The highest BCUT2D eigenvalue weighted by atomic mass is 19.1. The summed E-state index contributed by atoms with van der Waals surface area (Å²) in [7, 11) is 0. The zero-order valence-corrected chi connectivity index (χ0v) is 22.0. The van der Waals surface area contributed by atoms with E-state index >= 15 is 0 Å². The van der Waals surface area contributed by atoms with Gasteiger partial charge in [0.2, 0.25) is 0 Å². The summed E-state index contributed by atoms with van der Waals surface area (Å²) < 4.78 is 26.5. The van der Waals surface area contributed by atoms with Gasteiger partial charge in [0, 0.05) is 41.9 Å². The maximum absolute atomic E-state index is 14.4. The first-order valence-electron chi connectivity index (χ1n) is 12.7. The minimum atomic E-state index is -0.479. The molecular weight excluding hydrogens is 503 g/mol. The van der Waals surface area contributed by atoms with Crippen molar-refractivity contribution in [1.82, 2.24) is 14.6 Å². The van der Waals surface area contributed by atoms with E-state index in [0.717, 1.165) is 5.56 Å². The van der Waals surface area contributed by atoms with Crippen LogP contribution >= 0.6 is 0 Å². The van der Waals surface area contributed by atoms with Gasteiger partial charge in [0.05, 0.1) is 25.4 Å². The molecule has 11 heteroatoms. The molecule has 1 amide bonds. The number of amides is 1. The highest BCUT2D eigenvalue weighted by Gasteiger charge is 2.20. The Labute approximate surface area is 224 Å². The molecule has 4 aromatic rings. The van der Waals surface area contributed by atoms with Crippen molar-refractivity contribution in [3.05, 3.63) is 77.0 Å². The van der Waals surface area contributed by atoms with Crippen LogP contribution in [0.4, 0.5) is 27.3 Å². The van der Waals surface area contributed by atoms with Gasteiger partial charge < -0.3 is 25.0 Å². The number of nitrogens with zero attached hydrogens (tertiary/aromatic N) is 4. The van der Waals surface area contributed by atoms with E-state index < -0.39 is 17.7 Å². The quantitative estimate of drug-likeness (QED) is 0.335. The Hall–Kier alpha value is -4.51. The highest BCUT2D eigenvalue weighted by Crippen LogP contribution is 2.29. The van der Waals surface area contributed by atoms with E-state index in [-0.39, 0.29) is 12.2 Å². The molecule has 1 saturated heterocycles. The molecule has 1 aliphatic heterocycles. The predicted molar refractivity (Wildman–Crippen MR) is 146 cm³/mol. The first-order valence-corrected chi connectivity index (χ1v) is 12.7. The van der Waals surface area contributed by atoms with Gasteiger partial charge in [0.1, 0.15) is 17.7 Å². The average molecular weight is 533 g/mol. The van der Waals surface area contributed by atoms with Crippen LogP contribution in [0.25, 0.3) is 5.52 Å². The normalized spacial score (nSPS) is 13.4. The molecule has 0 radical (unpaired) electrons. The predicted octanol–water partition coefficient (Wildman–Crippen LogP) is 4.49. The van der Waals surface area contributed by atoms with E-state index in [0.29, 0.717) is 65.8 Å². The summed E-state index contributed by atoms with van der Waals surface area (Å²) in [5.74, 6) is -0.843. The molecule has 39 heavy (non-hydrogen) atoms. The van der Waals surface area contributed by atoms with Crippen LogP contribution in [-0.2, 0) is 9.47 Å². The second-order valence-corrected chi connectivity index (χ2v) is 9.20. The Kier molecular flexibility index (Phi) is 7.42. The van der Waals surface area contributed by atoms with E-state index in [1.807, 2.05) is 24.8 Å². The summed E-state index contributed by atoms with van der Waals surface area (Å²) in [5, 5.41) is 10.4. The number of benzene rings is 2. The number of aryl methyl sites for hydroxylation is 2. The first kappa shape index (κ1) is 26.1. The molecule has 3 heterocycles. The van der Waals surface area contributed by atoms with E-state index in [4.69, 9.17) is 9.47 Å². The lowest BCUT2D eigenvalue weighted by Gasteiger charge is -2.29. The van der Waals surface area contributed by atoms with E-state index in [1.54, 1.807) is 35.8 Å². The molecule has 0 aliphatic carbocycles. The second kappa shape index (κ2) is 11.1. The zero-order valence-electron chi connectivity index (χ0n) is 22.0. The third-order valence-electron chi connectivity index (χ3n) is 6.59. The summed E-state index contributed by atoms with van der Waals surface area (Å²) in [6.07, 6.45) is 3.00. The average Bonchev–Trinajstić information content (AvgIpc) is 3.28. The first-order chi connectivity index (χ1) is 18.8. The molecule has 0 saturated carbocycles. The molecule has 0 spiro atoms. The summed E-state index contributed by atoms with van der Waals surface area (Å²) in [4.78, 5) is 31.8. The fourth-order valence-corrected chi connectivity index (χ4v) is 4.54. The number of ether oxygens (including phenoxy) is 2. The number of morpholine rings is 1. The van der Waals surface area contributed by atoms with Gasteiger partial charge in [0.25, 0.3) is 5.91 Å². The molecule has 0 bridgehead atoms. The smallest absolute Gasteiger partial charge is 0.340 e. The third kappa shape index (κ3) is 5.53. The van der Waals surface area contributed by atoms with Crippen molar-refractivity contribution >= 4 is 40.3 Å². The van der Waals surface area contributed by atoms with Crippen LogP contribution in [0, 0.1) is 19.7 Å². The van der Waals surface area contributed by atoms with Gasteiger partial charge in [-0.1, -0.05) is 6.07 Å². The van der Waals surface area contributed by atoms with Crippen molar-refractivity contribution in [3.8, 4) is 0 Å². The number of nitrogens with one attached hydrogen (secondary N) is 2. The van der Waals surface area contributed by atoms with Crippen LogP contribution in [0.3, 0.4) is 0 Å². The maximum Gasteiger partial charge on any atom is 0.340 e. The Morgan fingerprint density at radius 1 is 1.13 bits per heavy atom. The van der Waals surface area contributed by atoms with Gasteiger partial charge in [-0.3, -0.25) is 4.79 Å². The molecule has 0 unspecified atom stereocenters.